The molecule has 0 aromatic heterocycles. The SMILES string of the molecule is CCOC(=O)C(C)NCc1ccc(SC)cc1. The summed E-state index contributed by atoms with van der Waals surface area (Å²) in [4.78, 5) is 12.6. The van der Waals surface area contributed by atoms with E-state index in [2.05, 4.69) is 35.8 Å². The van der Waals surface area contributed by atoms with E-state index in [1.54, 1.807) is 11.8 Å². The molecule has 0 saturated carbocycles. The van der Waals surface area contributed by atoms with E-state index < -0.39 is 0 Å². The molecule has 0 bridgehead atoms. The molecule has 0 heterocycles. The number of ether oxygens (including phenoxy) is 1. The van der Waals surface area contributed by atoms with Gasteiger partial charge in [0.25, 0.3) is 0 Å². The summed E-state index contributed by atoms with van der Waals surface area (Å²) in [5, 5.41) is 3.14. The minimum absolute atomic E-state index is 0.201. The molecule has 1 unspecified atom stereocenters. The van der Waals surface area contributed by atoms with E-state index in [9.17, 15) is 4.79 Å². The third-order valence-corrected chi connectivity index (χ3v) is 3.16. The predicted octanol–water partition coefficient (Wildman–Crippen LogP) is 2.45. The van der Waals surface area contributed by atoms with Gasteiger partial charge >= 0.3 is 5.97 Å². The van der Waals surface area contributed by atoms with Crippen LogP contribution in [0.3, 0.4) is 0 Å². The molecule has 1 aromatic carbocycles. The lowest BCUT2D eigenvalue weighted by molar-refractivity contribution is -0.145. The number of benzene rings is 1. The Morgan fingerprint density at radius 1 is 1.41 bits per heavy atom. The summed E-state index contributed by atoms with van der Waals surface area (Å²) in [6.45, 7) is 4.72. The molecule has 0 aliphatic heterocycles. The lowest BCUT2D eigenvalue weighted by atomic mass is 10.2. The summed E-state index contributed by atoms with van der Waals surface area (Å²) in [5.74, 6) is -0.201. The molecule has 0 amide bonds. The lowest BCUT2D eigenvalue weighted by Crippen LogP contribution is -2.34. The highest BCUT2D eigenvalue weighted by atomic mass is 32.2. The first-order valence-electron chi connectivity index (χ1n) is 5.70. The van der Waals surface area contributed by atoms with Gasteiger partial charge in [0.1, 0.15) is 6.04 Å². The van der Waals surface area contributed by atoms with Crippen molar-refractivity contribution in [2.24, 2.45) is 0 Å². The van der Waals surface area contributed by atoms with E-state index in [0.29, 0.717) is 13.2 Å². The number of hydrogen-bond acceptors (Lipinski definition) is 4. The fraction of sp³-hybridized carbons (Fsp3) is 0.462. The number of thioether (sulfide) groups is 1. The summed E-state index contributed by atoms with van der Waals surface area (Å²) in [6.07, 6.45) is 2.05. The number of carbonyl (C=O) groups is 1. The molecule has 94 valence electrons. The largest absolute Gasteiger partial charge is 0.465 e. The lowest BCUT2D eigenvalue weighted by Gasteiger charge is -2.12. The highest BCUT2D eigenvalue weighted by Gasteiger charge is 2.12. The summed E-state index contributed by atoms with van der Waals surface area (Å²) < 4.78 is 4.92. The van der Waals surface area contributed by atoms with Crippen molar-refractivity contribution >= 4 is 17.7 Å². The molecule has 1 N–H and O–H groups in total. The Morgan fingerprint density at radius 3 is 2.59 bits per heavy atom. The zero-order valence-corrected chi connectivity index (χ0v) is 11.3. The van der Waals surface area contributed by atoms with E-state index >= 15 is 0 Å². The molecule has 0 aliphatic rings. The van der Waals surface area contributed by atoms with Gasteiger partial charge in [0.15, 0.2) is 0 Å². The standard InChI is InChI=1S/C13H19NO2S/c1-4-16-13(15)10(2)14-9-11-5-7-12(17-3)8-6-11/h5-8,10,14H,4,9H2,1-3H3. The van der Waals surface area contributed by atoms with Crippen molar-refractivity contribution in [1.29, 1.82) is 0 Å². The zero-order chi connectivity index (χ0) is 12.7. The Morgan fingerprint density at radius 2 is 2.06 bits per heavy atom. The highest BCUT2D eigenvalue weighted by molar-refractivity contribution is 7.98. The maximum absolute atomic E-state index is 11.4. The van der Waals surface area contributed by atoms with Crippen molar-refractivity contribution < 1.29 is 9.53 Å². The van der Waals surface area contributed by atoms with Gasteiger partial charge in [0.05, 0.1) is 6.61 Å². The fourth-order valence-corrected chi connectivity index (χ4v) is 1.77. The average molecular weight is 253 g/mol. The third-order valence-electron chi connectivity index (χ3n) is 2.41. The van der Waals surface area contributed by atoms with Crippen molar-refractivity contribution in [3.63, 3.8) is 0 Å². The smallest absolute Gasteiger partial charge is 0.322 e. The van der Waals surface area contributed by atoms with Gasteiger partial charge in [-0.05, 0) is 37.8 Å². The second kappa shape index (κ2) is 7.35. The number of carbonyl (C=O) groups excluding carboxylic acids is 1. The fourth-order valence-electron chi connectivity index (χ4n) is 1.36. The van der Waals surface area contributed by atoms with Crippen molar-refractivity contribution in [2.75, 3.05) is 12.9 Å². The second-order valence-corrected chi connectivity index (χ2v) is 4.58. The van der Waals surface area contributed by atoms with Crippen LogP contribution in [0.2, 0.25) is 0 Å². The molecular weight excluding hydrogens is 234 g/mol. The van der Waals surface area contributed by atoms with Gasteiger partial charge in [0, 0.05) is 11.4 Å². The van der Waals surface area contributed by atoms with Crippen molar-refractivity contribution in [3.05, 3.63) is 29.8 Å². The van der Waals surface area contributed by atoms with Crippen LogP contribution in [-0.2, 0) is 16.1 Å². The van der Waals surface area contributed by atoms with Crippen LogP contribution in [-0.4, -0.2) is 24.9 Å². The molecule has 0 saturated heterocycles. The van der Waals surface area contributed by atoms with E-state index in [1.807, 2.05) is 13.8 Å². The van der Waals surface area contributed by atoms with Crippen molar-refractivity contribution in [1.82, 2.24) is 5.32 Å². The van der Waals surface area contributed by atoms with Gasteiger partial charge in [-0.15, -0.1) is 11.8 Å². The van der Waals surface area contributed by atoms with E-state index in [1.165, 1.54) is 10.5 Å². The number of esters is 1. The molecule has 4 heteroatoms. The first kappa shape index (κ1) is 14.1. The van der Waals surface area contributed by atoms with Crippen LogP contribution in [0.1, 0.15) is 19.4 Å². The van der Waals surface area contributed by atoms with Gasteiger partial charge in [-0.2, -0.15) is 0 Å². The molecular formula is C13H19NO2S. The van der Waals surface area contributed by atoms with Crippen LogP contribution in [0.5, 0.6) is 0 Å². The normalized spacial score (nSPS) is 12.2. The summed E-state index contributed by atoms with van der Waals surface area (Å²) in [6, 6.07) is 8.02. The van der Waals surface area contributed by atoms with Crippen LogP contribution in [0.4, 0.5) is 0 Å². The molecule has 17 heavy (non-hydrogen) atoms. The van der Waals surface area contributed by atoms with E-state index in [4.69, 9.17) is 4.74 Å². The van der Waals surface area contributed by atoms with Crippen LogP contribution in [0, 0.1) is 0 Å². The molecule has 0 radical (unpaired) electrons. The third kappa shape index (κ3) is 4.79. The van der Waals surface area contributed by atoms with Crippen LogP contribution < -0.4 is 5.32 Å². The minimum Gasteiger partial charge on any atom is -0.465 e. The summed E-state index contributed by atoms with van der Waals surface area (Å²) in [7, 11) is 0. The molecule has 0 aliphatic carbocycles. The van der Waals surface area contributed by atoms with Gasteiger partial charge in [0.2, 0.25) is 0 Å². The molecule has 0 fully saturated rings. The predicted molar refractivity (Wildman–Crippen MR) is 71.2 cm³/mol. The second-order valence-electron chi connectivity index (χ2n) is 3.70. The maximum atomic E-state index is 11.4. The Hall–Kier alpha value is -1.00. The summed E-state index contributed by atoms with van der Waals surface area (Å²) in [5.41, 5.74) is 1.17. The Labute approximate surface area is 107 Å². The number of nitrogens with one attached hydrogen (secondary N) is 1. The van der Waals surface area contributed by atoms with Gasteiger partial charge in [-0.1, -0.05) is 12.1 Å². The molecule has 0 spiro atoms. The molecule has 1 rings (SSSR count). The summed E-state index contributed by atoms with van der Waals surface area (Å²) >= 11 is 1.72. The molecule has 1 atom stereocenters. The van der Waals surface area contributed by atoms with E-state index in [-0.39, 0.29) is 12.0 Å². The average Bonchev–Trinajstić information content (AvgIpc) is 2.36. The number of rotatable bonds is 6. The van der Waals surface area contributed by atoms with Crippen molar-refractivity contribution in [3.8, 4) is 0 Å². The van der Waals surface area contributed by atoms with E-state index in [0.717, 1.165) is 0 Å². The minimum atomic E-state index is -0.268. The topological polar surface area (TPSA) is 38.3 Å². The molecule has 3 nitrogen and oxygen atoms in total. The van der Waals surface area contributed by atoms with Crippen LogP contribution >= 0.6 is 11.8 Å². The Kier molecular flexibility index (Phi) is 6.08. The Balaban J connectivity index is 2.41. The first-order chi connectivity index (χ1) is 8.17. The quantitative estimate of drug-likeness (QED) is 0.624. The maximum Gasteiger partial charge on any atom is 0.322 e. The molecule has 1 aromatic rings. The zero-order valence-electron chi connectivity index (χ0n) is 10.5. The monoisotopic (exact) mass is 253 g/mol. The van der Waals surface area contributed by atoms with Gasteiger partial charge < -0.3 is 10.1 Å². The van der Waals surface area contributed by atoms with Crippen molar-refractivity contribution in [2.45, 2.75) is 31.3 Å². The van der Waals surface area contributed by atoms with Gasteiger partial charge in [-0.3, -0.25) is 4.79 Å². The van der Waals surface area contributed by atoms with Gasteiger partial charge in [-0.25, -0.2) is 0 Å². The highest BCUT2D eigenvalue weighted by Crippen LogP contribution is 2.14. The number of hydrogen-bond donors (Lipinski definition) is 1. The van der Waals surface area contributed by atoms with Crippen LogP contribution in [0.25, 0.3) is 0 Å². The van der Waals surface area contributed by atoms with Crippen LogP contribution in [0.15, 0.2) is 29.2 Å². The first-order valence-corrected chi connectivity index (χ1v) is 6.92. The Bertz CT molecular complexity index is 351.